The van der Waals surface area contributed by atoms with Crippen molar-refractivity contribution in [2.75, 3.05) is 20.1 Å². The Bertz CT molecular complexity index is 462. The number of alkyl halides is 3. The second kappa shape index (κ2) is 6.21. The molecule has 0 aliphatic heterocycles. The average molecular weight is 295 g/mol. The van der Waals surface area contributed by atoms with Crippen molar-refractivity contribution >= 4 is 12.0 Å². The number of carbonyl (C=O) groups excluding carboxylic acids is 1. The Labute approximate surface area is 111 Å². The number of carboxylic acids is 1. The lowest BCUT2D eigenvalue weighted by atomic mass is 10.4. The second-order valence-electron chi connectivity index (χ2n) is 3.94. The van der Waals surface area contributed by atoms with E-state index in [4.69, 9.17) is 5.11 Å². The van der Waals surface area contributed by atoms with Gasteiger partial charge in [-0.05, 0) is 0 Å². The fourth-order valence-corrected chi connectivity index (χ4v) is 1.41. The first-order chi connectivity index (χ1) is 9.19. The van der Waals surface area contributed by atoms with Crippen LogP contribution in [0.1, 0.15) is 5.82 Å². The molecule has 0 aromatic carbocycles. The highest BCUT2D eigenvalue weighted by Gasteiger charge is 2.35. The Kier molecular flexibility index (Phi) is 4.88. The molecule has 0 aliphatic rings. The third kappa shape index (κ3) is 5.12. The van der Waals surface area contributed by atoms with Crippen molar-refractivity contribution in [3.05, 3.63) is 12.2 Å². The van der Waals surface area contributed by atoms with Gasteiger partial charge in [0.1, 0.15) is 25.2 Å². The van der Waals surface area contributed by atoms with Crippen molar-refractivity contribution in [2.24, 2.45) is 0 Å². The van der Waals surface area contributed by atoms with Gasteiger partial charge in [0.15, 0.2) is 0 Å². The summed E-state index contributed by atoms with van der Waals surface area (Å²) >= 11 is 0. The number of aliphatic carboxylic acids is 1. The molecule has 1 aromatic heterocycles. The number of aromatic nitrogens is 3. The molecular weight excluding hydrogens is 283 g/mol. The van der Waals surface area contributed by atoms with Crippen LogP contribution in [0, 0.1) is 0 Å². The summed E-state index contributed by atoms with van der Waals surface area (Å²) < 4.78 is 37.0. The van der Waals surface area contributed by atoms with Crippen molar-refractivity contribution in [1.82, 2.24) is 25.0 Å². The van der Waals surface area contributed by atoms with Crippen LogP contribution in [0.3, 0.4) is 0 Å². The third-order valence-corrected chi connectivity index (χ3v) is 2.15. The van der Waals surface area contributed by atoms with E-state index in [9.17, 15) is 22.8 Å². The van der Waals surface area contributed by atoms with Crippen molar-refractivity contribution in [3.8, 4) is 0 Å². The quantitative estimate of drug-likeness (QED) is 0.813. The second-order valence-corrected chi connectivity index (χ2v) is 3.94. The van der Waals surface area contributed by atoms with E-state index in [-0.39, 0.29) is 17.3 Å². The van der Waals surface area contributed by atoms with Gasteiger partial charge >= 0.3 is 18.2 Å². The molecule has 8 nitrogen and oxygen atoms in total. The number of H-pyrrole nitrogens is 1. The number of carboxylic acid groups (broad SMARTS) is 1. The van der Waals surface area contributed by atoms with Crippen LogP contribution in [0.5, 0.6) is 0 Å². The zero-order valence-electron chi connectivity index (χ0n) is 10.4. The van der Waals surface area contributed by atoms with E-state index >= 15 is 0 Å². The van der Waals surface area contributed by atoms with Crippen LogP contribution in [0.2, 0.25) is 0 Å². The highest BCUT2D eigenvalue weighted by molar-refractivity contribution is 5.80. The summed E-state index contributed by atoms with van der Waals surface area (Å²) in [6.45, 7) is -2.80. The molecule has 1 heterocycles. The first-order valence-electron chi connectivity index (χ1n) is 5.32. The maximum atomic E-state index is 12.3. The van der Waals surface area contributed by atoms with Gasteiger partial charge in [-0.3, -0.25) is 9.89 Å². The zero-order valence-corrected chi connectivity index (χ0v) is 10.4. The molecule has 2 N–H and O–H groups in total. The predicted octanol–water partition coefficient (Wildman–Crippen LogP) is 0.305. The zero-order chi connectivity index (χ0) is 15.3. The van der Waals surface area contributed by atoms with Crippen LogP contribution in [-0.2, 0) is 11.3 Å². The molecule has 0 radical (unpaired) electrons. The molecule has 0 spiro atoms. The van der Waals surface area contributed by atoms with Crippen molar-refractivity contribution in [1.29, 1.82) is 0 Å². The SMILES string of the molecule is CN(Cc1ncn[nH]1)C(=O)N(CC(=O)O)CC(F)(F)F. The molecule has 0 unspecified atom stereocenters. The molecule has 0 saturated carbocycles. The molecule has 0 fully saturated rings. The molecule has 1 aromatic rings. The van der Waals surface area contributed by atoms with Crippen LogP contribution in [0.25, 0.3) is 0 Å². The fourth-order valence-electron chi connectivity index (χ4n) is 1.41. The molecule has 1 rings (SSSR count). The minimum Gasteiger partial charge on any atom is -0.480 e. The minimum absolute atomic E-state index is 0.118. The van der Waals surface area contributed by atoms with Gasteiger partial charge in [0, 0.05) is 7.05 Å². The predicted molar refractivity (Wildman–Crippen MR) is 58.5 cm³/mol. The van der Waals surface area contributed by atoms with Gasteiger partial charge in [-0.1, -0.05) is 0 Å². The summed E-state index contributed by atoms with van der Waals surface area (Å²) in [4.78, 5) is 27.2. The summed E-state index contributed by atoms with van der Waals surface area (Å²) in [5.41, 5.74) is 0. The highest BCUT2D eigenvalue weighted by Crippen LogP contribution is 2.17. The Morgan fingerprint density at radius 2 is 2.10 bits per heavy atom. The van der Waals surface area contributed by atoms with E-state index in [2.05, 4.69) is 15.2 Å². The summed E-state index contributed by atoms with van der Waals surface area (Å²) in [7, 11) is 1.23. The molecule has 20 heavy (non-hydrogen) atoms. The Hall–Kier alpha value is -2.33. The number of rotatable bonds is 5. The largest absolute Gasteiger partial charge is 0.480 e. The summed E-state index contributed by atoms with van der Waals surface area (Å²) in [5, 5.41) is 14.5. The van der Waals surface area contributed by atoms with E-state index in [0.717, 1.165) is 4.90 Å². The monoisotopic (exact) mass is 295 g/mol. The highest BCUT2D eigenvalue weighted by atomic mass is 19.4. The van der Waals surface area contributed by atoms with Gasteiger partial charge in [0.05, 0.1) is 6.54 Å². The van der Waals surface area contributed by atoms with Gasteiger partial charge in [0.2, 0.25) is 0 Å². The minimum atomic E-state index is -4.68. The molecule has 11 heteroatoms. The normalized spacial score (nSPS) is 11.2. The lowest BCUT2D eigenvalue weighted by molar-refractivity contribution is -0.149. The lowest BCUT2D eigenvalue weighted by Gasteiger charge is -2.27. The van der Waals surface area contributed by atoms with Crippen molar-refractivity contribution in [2.45, 2.75) is 12.7 Å². The third-order valence-electron chi connectivity index (χ3n) is 2.15. The van der Waals surface area contributed by atoms with Gasteiger partial charge in [-0.25, -0.2) is 9.78 Å². The molecule has 112 valence electrons. The van der Waals surface area contributed by atoms with E-state index in [0.29, 0.717) is 0 Å². The van der Waals surface area contributed by atoms with Crippen LogP contribution in [0.15, 0.2) is 6.33 Å². The van der Waals surface area contributed by atoms with Gasteiger partial charge in [-0.2, -0.15) is 18.3 Å². The Morgan fingerprint density at radius 3 is 2.55 bits per heavy atom. The van der Waals surface area contributed by atoms with E-state index < -0.39 is 31.3 Å². The van der Waals surface area contributed by atoms with Crippen LogP contribution >= 0.6 is 0 Å². The topological polar surface area (TPSA) is 102 Å². The molecule has 2 amide bonds. The van der Waals surface area contributed by atoms with E-state index in [1.165, 1.54) is 13.4 Å². The molecule has 0 bridgehead atoms. The van der Waals surface area contributed by atoms with Gasteiger partial charge in [0.25, 0.3) is 0 Å². The molecule has 0 atom stereocenters. The number of urea groups is 1. The summed E-state index contributed by atoms with van der Waals surface area (Å²) in [6.07, 6.45) is -3.50. The maximum Gasteiger partial charge on any atom is 0.406 e. The van der Waals surface area contributed by atoms with Crippen LogP contribution in [0.4, 0.5) is 18.0 Å². The smallest absolute Gasteiger partial charge is 0.406 e. The van der Waals surface area contributed by atoms with E-state index in [1.54, 1.807) is 0 Å². The standard InChI is InChI=1S/C9H12F3N5O3/c1-16(2-6-13-5-14-15-6)8(20)17(3-7(18)19)4-9(10,11)12/h5H,2-4H2,1H3,(H,18,19)(H,13,14,15). The molecule has 0 saturated heterocycles. The summed E-state index contributed by atoms with van der Waals surface area (Å²) in [6, 6.07) is -1.07. The Balaban J connectivity index is 2.73. The van der Waals surface area contributed by atoms with Crippen molar-refractivity contribution < 1.29 is 27.9 Å². The number of nitrogens with one attached hydrogen (secondary N) is 1. The fraction of sp³-hybridized carbons (Fsp3) is 0.556. The maximum absolute atomic E-state index is 12.3. The number of hydrogen-bond donors (Lipinski definition) is 2. The first-order valence-corrected chi connectivity index (χ1v) is 5.32. The number of nitrogens with zero attached hydrogens (tertiary/aromatic N) is 4. The van der Waals surface area contributed by atoms with E-state index in [1.807, 2.05) is 0 Å². The van der Waals surface area contributed by atoms with Gasteiger partial charge < -0.3 is 14.9 Å². The number of hydrogen-bond acceptors (Lipinski definition) is 4. The average Bonchev–Trinajstić information content (AvgIpc) is 2.77. The van der Waals surface area contributed by atoms with Crippen LogP contribution < -0.4 is 0 Å². The number of amides is 2. The Morgan fingerprint density at radius 1 is 1.45 bits per heavy atom. The number of halogens is 3. The molecular formula is C9H12F3N5O3. The first kappa shape index (κ1) is 15.7. The molecule has 0 aliphatic carbocycles. The van der Waals surface area contributed by atoms with Crippen molar-refractivity contribution in [3.63, 3.8) is 0 Å². The summed E-state index contributed by atoms with van der Waals surface area (Å²) in [5.74, 6) is -1.27. The number of carbonyl (C=O) groups is 2. The van der Waals surface area contributed by atoms with Crippen LogP contribution in [-0.4, -0.2) is 68.4 Å². The number of aromatic amines is 1. The van der Waals surface area contributed by atoms with Gasteiger partial charge in [-0.15, -0.1) is 0 Å². The lowest BCUT2D eigenvalue weighted by Crippen LogP contribution is -2.47.